The van der Waals surface area contributed by atoms with Gasteiger partial charge in [-0.2, -0.15) is 0 Å². The minimum absolute atomic E-state index is 0.0248. The zero-order valence-corrected chi connectivity index (χ0v) is 20.1. The molecule has 0 bridgehead atoms. The molecule has 3 nitrogen and oxygen atoms in total. The maximum atomic E-state index is 14.1. The second-order valence-corrected chi connectivity index (χ2v) is 14.0. The van der Waals surface area contributed by atoms with Crippen LogP contribution in [0.1, 0.15) is 28.7 Å². The maximum Gasteiger partial charge on any atom is 0.231 e. The van der Waals surface area contributed by atoms with Gasteiger partial charge in [-0.1, -0.05) is 43.8 Å². The van der Waals surface area contributed by atoms with Crippen molar-refractivity contribution in [1.29, 1.82) is 0 Å². The second-order valence-electron chi connectivity index (χ2n) is 8.43. The first-order valence-corrected chi connectivity index (χ1v) is 13.9. The van der Waals surface area contributed by atoms with Crippen LogP contribution in [-0.2, 0) is 16.1 Å². The minimum Gasteiger partial charge on any atom is -0.307 e. The SMILES string of the molecule is Cc1ccc(CN2C(=O)CC(C=O)=C(Br)c3ccc(C#C[Si](C)(C)C)cc32)cc1F. The molecular weight excluding hydrogens is 461 g/mol. The standard InChI is InChI=1S/C24H23BrFNO2Si/c1-16-5-6-18(11-21(16)26)14-27-22-12-17(9-10-30(2,3)4)7-8-20(22)24(25)19(15-28)13-23(27)29/h5-8,11-12,15H,13-14H2,1-4H3. The number of aldehydes is 1. The molecule has 0 spiro atoms. The van der Waals surface area contributed by atoms with Crippen molar-refractivity contribution in [3.05, 3.63) is 70.0 Å². The van der Waals surface area contributed by atoms with E-state index in [1.807, 2.05) is 24.3 Å². The van der Waals surface area contributed by atoms with Crippen LogP contribution in [0.15, 0.2) is 42.0 Å². The quantitative estimate of drug-likeness (QED) is 0.323. The Labute approximate surface area is 186 Å². The summed E-state index contributed by atoms with van der Waals surface area (Å²) in [5, 5.41) is 0. The lowest BCUT2D eigenvalue weighted by Gasteiger charge is -2.24. The van der Waals surface area contributed by atoms with E-state index >= 15 is 0 Å². The van der Waals surface area contributed by atoms with Crippen molar-refractivity contribution in [3.8, 4) is 11.5 Å². The Morgan fingerprint density at radius 1 is 1.20 bits per heavy atom. The average molecular weight is 484 g/mol. The lowest BCUT2D eigenvalue weighted by molar-refractivity contribution is -0.118. The van der Waals surface area contributed by atoms with Crippen LogP contribution in [0, 0.1) is 24.2 Å². The lowest BCUT2D eigenvalue weighted by Crippen LogP contribution is -2.30. The molecule has 0 saturated heterocycles. The summed E-state index contributed by atoms with van der Waals surface area (Å²) in [6, 6.07) is 10.6. The molecule has 0 atom stereocenters. The van der Waals surface area contributed by atoms with Gasteiger partial charge in [0, 0.05) is 21.2 Å². The lowest BCUT2D eigenvalue weighted by atomic mass is 10.1. The van der Waals surface area contributed by atoms with Crippen LogP contribution in [0.4, 0.5) is 10.1 Å². The smallest absolute Gasteiger partial charge is 0.231 e. The van der Waals surface area contributed by atoms with Crippen molar-refractivity contribution in [2.24, 2.45) is 0 Å². The highest BCUT2D eigenvalue weighted by molar-refractivity contribution is 9.15. The molecule has 0 saturated carbocycles. The monoisotopic (exact) mass is 483 g/mol. The molecule has 30 heavy (non-hydrogen) atoms. The van der Waals surface area contributed by atoms with E-state index in [-0.39, 0.29) is 24.7 Å². The van der Waals surface area contributed by atoms with Gasteiger partial charge in [0.05, 0.1) is 18.7 Å². The van der Waals surface area contributed by atoms with Gasteiger partial charge in [-0.15, -0.1) is 5.54 Å². The van der Waals surface area contributed by atoms with Crippen LogP contribution in [0.25, 0.3) is 4.48 Å². The summed E-state index contributed by atoms with van der Waals surface area (Å²) < 4.78 is 14.7. The highest BCUT2D eigenvalue weighted by atomic mass is 79.9. The summed E-state index contributed by atoms with van der Waals surface area (Å²) in [5.74, 6) is 2.70. The van der Waals surface area contributed by atoms with Gasteiger partial charge >= 0.3 is 0 Å². The zero-order chi connectivity index (χ0) is 22.1. The fraction of sp³-hybridized carbons (Fsp3) is 0.250. The molecule has 0 unspecified atom stereocenters. The van der Waals surface area contributed by atoms with E-state index in [2.05, 4.69) is 47.0 Å². The summed E-state index contributed by atoms with van der Waals surface area (Å²) in [5.41, 5.74) is 7.17. The number of benzene rings is 2. The Bertz CT molecular complexity index is 1120. The Kier molecular flexibility index (Phi) is 6.44. The van der Waals surface area contributed by atoms with Crippen LogP contribution in [0.2, 0.25) is 19.6 Å². The maximum absolute atomic E-state index is 14.1. The highest BCUT2D eigenvalue weighted by Crippen LogP contribution is 2.38. The predicted octanol–water partition coefficient (Wildman–Crippen LogP) is 5.60. The van der Waals surface area contributed by atoms with Crippen molar-refractivity contribution in [1.82, 2.24) is 0 Å². The van der Waals surface area contributed by atoms with Crippen molar-refractivity contribution in [2.75, 3.05) is 4.90 Å². The number of anilines is 1. The third-order valence-corrected chi connectivity index (χ3v) is 6.56. The second kappa shape index (κ2) is 8.71. The summed E-state index contributed by atoms with van der Waals surface area (Å²) in [6.45, 7) is 8.41. The molecule has 1 aliphatic heterocycles. The first-order valence-electron chi connectivity index (χ1n) is 9.66. The van der Waals surface area contributed by atoms with Gasteiger partial charge in [0.15, 0.2) is 0 Å². The molecule has 2 aromatic carbocycles. The van der Waals surface area contributed by atoms with Crippen LogP contribution in [0.5, 0.6) is 0 Å². The minimum atomic E-state index is -1.57. The van der Waals surface area contributed by atoms with E-state index < -0.39 is 8.07 Å². The number of fused-ring (bicyclic) bond motifs is 1. The fourth-order valence-electron chi connectivity index (χ4n) is 3.11. The number of hydrogen-bond donors (Lipinski definition) is 0. The van der Waals surface area contributed by atoms with Gasteiger partial charge in [0.25, 0.3) is 0 Å². The number of carbonyl (C=O) groups excluding carboxylic acids is 2. The molecule has 0 fully saturated rings. The van der Waals surface area contributed by atoms with Gasteiger partial charge in [-0.25, -0.2) is 4.39 Å². The van der Waals surface area contributed by atoms with Crippen LogP contribution in [-0.4, -0.2) is 20.3 Å². The molecule has 6 heteroatoms. The molecule has 0 aliphatic carbocycles. The number of nitrogens with zero attached hydrogens (tertiary/aromatic N) is 1. The molecule has 2 aromatic rings. The average Bonchev–Trinajstić information content (AvgIpc) is 2.78. The summed E-state index contributed by atoms with van der Waals surface area (Å²) in [7, 11) is -1.57. The van der Waals surface area contributed by atoms with E-state index in [1.54, 1.807) is 17.9 Å². The van der Waals surface area contributed by atoms with Crippen LogP contribution < -0.4 is 4.90 Å². The van der Waals surface area contributed by atoms with E-state index in [1.165, 1.54) is 6.07 Å². The van der Waals surface area contributed by atoms with Gasteiger partial charge in [0.2, 0.25) is 5.91 Å². The van der Waals surface area contributed by atoms with E-state index in [4.69, 9.17) is 0 Å². The zero-order valence-electron chi connectivity index (χ0n) is 17.5. The van der Waals surface area contributed by atoms with Gasteiger partial charge < -0.3 is 4.90 Å². The van der Waals surface area contributed by atoms with E-state index in [0.717, 1.165) is 11.1 Å². The topological polar surface area (TPSA) is 37.4 Å². The number of hydrogen-bond acceptors (Lipinski definition) is 2. The largest absolute Gasteiger partial charge is 0.307 e. The molecule has 0 N–H and O–H groups in total. The van der Waals surface area contributed by atoms with E-state index in [9.17, 15) is 14.0 Å². The normalized spacial score (nSPS) is 14.1. The molecule has 1 amide bonds. The first-order chi connectivity index (χ1) is 14.1. The third kappa shape index (κ3) is 4.97. The Morgan fingerprint density at radius 3 is 2.57 bits per heavy atom. The summed E-state index contributed by atoms with van der Waals surface area (Å²) in [4.78, 5) is 26.3. The van der Waals surface area contributed by atoms with Crippen molar-refractivity contribution < 1.29 is 14.0 Å². The highest BCUT2D eigenvalue weighted by Gasteiger charge is 2.27. The first kappa shape index (κ1) is 22.2. The van der Waals surface area contributed by atoms with Crippen molar-refractivity contribution >= 4 is 46.4 Å². The summed E-state index contributed by atoms with van der Waals surface area (Å²) in [6.07, 6.45) is 0.683. The van der Waals surface area contributed by atoms with E-state index in [0.29, 0.717) is 33.2 Å². The molecule has 1 aliphatic rings. The van der Waals surface area contributed by atoms with Gasteiger partial charge in [-0.05, 0) is 52.2 Å². The van der Waals surface area contributed by atoms with Gasteiger partial charge in [0.1, 0.15) is 20.2 Å². The third-order valence-electron chi connectivity index (χ3n) is 4.75. The Morgan fingerprint density at radius 2 is 1.93 bits per heavy atom. The number of rotatable bonds is 3. The molecular formula is C24H23BrFNO2Si. The van der Waals surface area contributed by atoms with Crippen molar-refractivity contribution in [2.45, 2.75) is 39.5 Å². The Balaban J connectivity index is 2.13. The molecule has 0 aromatic heterocycles. The molecule has 154 valence electrons. The number of halogens is 2. The number of amides is 1. The number of carbonyl (C=O) groups is 2. The predicted molar refractivity (Wildman–Crippen MR) is 126 cm³/mol. The molecule has 3 rings (SSSR count). The van der Waals surface area contributed by atoms with Gasteiger partial charge in [-0.3, -0.25) is 9.59 Å². The molecule has 1 heterocycles. The van der Waals surface area contributed by atoms with Crippen LogP contribution >= 0.6 is 15.9 Å². The number of aryl methyl sites for hydroxylation is 1. The fourth-order valence-corrected chi connectivity index (χ4v) is 4.19. The van der Waals surface area contributed by atoms with Crippen molar-refractivity contribution in [3.63, 3.8) is 0 Å². The molecule has 0 radical (unpaired) electrons. The summed E-state index contributed by atoms with van der Waals surface area (Å²) >= 11 is 3.50. The Hall–Kier alpha value is -2.49. The van der Waals surface area contributed by atoms with Crippen LogP contribution in [0.3, 0.4) is 0 Å².